The van der Waals surface area contributed by atoms with Crippen LogP contribution >= 0.6 is 23.4 Å². The molecule has 5 rings (SSSR count). The van der Waals surface area contributed by atoms with Crippen molar-refractivity contribution in [1.29, 1.82) is 0 Å². The predicted molar refractivity (Wildman–Crippen MR) is 141 cm³/mol. The third-order valence-corrected chi connectivity index (χ3v) is 6.75. The molecule has 0 aromatic heterocycles. The third-order valence-electron chi connectivity index (χ3n) is 5.63. The number of ether oxygens (including phenoxy) is 2. The van der Waals surface area contributed by atoms with Crippen molar-refractivity contribution in [2.75, 3.05) is 12.0 Å². The minimum atomic E-state index is -0.377. The number of anilines is 1. The van der Waals surface area contributed by atoms with E-state index in [0.29, 0.717) is 33.7 Å². The van der Waals surface area contributed by atoms with Crippen LogP contribution in [0.2, 0.25) is 5.02 Å². The van der Waals surface area contributed by atoms with E-state index in [1.807, 2.05) is 30.3 Å². The molecule has 35 heavy (non-hydrogen) atoms. The Morgan fingerprint density at radius 1 is 0.914 bits per heavy atom. The van der Waals surface area contributed by atoms with Gasteiger partial charge in [-0.25, -0.2) is 4.90 Å². The van der Waals surface area contributed by atoms with Crippen LogP contribution in [0.3, 0.4) is 0 Å². The maximum atomic E-state index is 12.9. The van der Waals surface area contributed by atoms with E-state index in [0.717, 1.165) is 38.6 Å². The SMILES string of the molecule is COc1cc(/C=C2/SC(=O)N(c3ccc(Cl)cc3)C2=O)ccc1OCc1cccc2ccccc12. The van der Waals surface area contributed by atoms with Crippen molar-refractivity contribution in [2.24, 2.45) is 0 Å². The van der Waals surface area contributed by atoms with E-state index in [1.165, 1.54) is 0 Å². The summed E-state index contributed by atoms with van der Waals surface area (Å²) in [4.78, 5) is 26.9. The number of nitrogens with zero attached hydrogens (tertiary/aromatic N) is 1. The molecule has 4 aromatic carbocycles. The highest BCUT2D eigenvalue weighted by atomic mass is 35.5. The minimum Gasteiger partial charge on any atom is -0.493 e. The van der Waals surface area contributed by atoms with Gasteiger partial charge in [0.05, 0.1) is 17.7 Å². The molecular weight excluding hydrogens is 482 g/mol. The van der Waals surface area contributed by atoms with Gasteiger partial charge in [0.1, 0.15) is 6.61 Å². The van der Waals surface area contributed by atoms with Crippen LogP contribution < -0.4 is 14.4 Å². The number of hydrogen-bond donors (Lipinski definition) is 0. The van der Waals surface area contributed by atoms with Crippen LogP contribution in [0.1, 0.15) is 11.1 Å². The van der Waals surface area contributed by atoms with E-state index < -0.39 is 0 Å². The van der Waals surface area contributed by atoms with E-state index in [4.69, 9.17) is 21.1 Å². The zero-order chi connectivity index (χ0) is 24.4. The molecule has 1 aliphatic rings. The first-order chi connectivity index (χ1) is 17.0. The molecule has 0 atom stereocenters. The Morgan fingerprint density at radius 2 is 1.69 bits per heavy atom. The van der Waals surface area contributed by atoms with Gasteiger partial charge in [-0.15, -0.1) is 0 Å². The Balaban J connectivity index is 1.36. The number of benzene rings is 4. The number of methoxy groups -OCH3 is 1. The number of thioether (sulfide) groups is 1. The molecule has 0 radical (unpaired) electrons. The topological polar surface area (TPSA) is 55.8 Å². The summed E-state index contributed by atoms with van der Waals surface area (Å²) in [5.74, 6) is 0.750. The Labute approximate surface area is 211 Å². The van der Waals surface area contributed by atoms with Gasteiger partial charge in [-0.05, 0) is 76.1 Å². The predicted octanol–water partition coefficient (Wildman–Crippen LogP) is 7.32. The van der Waals surface area contributed by atoms with Gasteiger partial charge >= 0.3 is 0 Å². The first kappa shape index (κ1) is 23.0. The van der Waals surface area contributed by atoms with Crippen LogP contribution in [-0.2, 0) is 11.4 Å². The van der Waals surface area contributed by atoms with Gasteiger partial charge in [0, 0.05) is 5.02 Å². The van der Waals surface area contributed by atoms with Crippen LogP contribution in [-0.4, -0.2) is 18.3 Å². The lowest BCUT2D eigenvalue weighted by Crippen LogP contribution is -2.27. The molecule has 0 unspecified atom stereocenters. The molecule has 1 aliphatic heterocycles. The second kappa shape index (κ2) is 9.86. The Kier molecular flexibility index (Phi) is 6.49. The number of carbonyl (C=O) groups excluding carboxylic acids is 2. The quantitative estimate of drug-likeness (QED) is 0.259. The van der Waals surface area contributed by atoms with Crippen molar-refractivity contribution in [1.82, 2.24) is 0 Å². The molecule has 5 nitrogen and oxygen atoms in total. The molecule has 2 amide bonds. The van der Waals surface area contributed by atoms with E-state index >= 15 is 0 Å². The van der Waals surface area contributed by atoms with Gasteiger partial charge in [-0.2, -0.15) is 0 Å². The highest BCUT2D eigenvalue weighted by Gasteiger charge is 2.36. The normalized spacial score (nSPS) is 14.7. The van der Waals surface area contributed by atoms with Crippen molar-refractivity contribution in [3.8, 4) is 11.5 Å². The van der Waals surface area contributed by atoms with Crippen LogP contribution in [0.15, 0.2) is 89.8 Å². The van der Waals surface area contributed by atoms with E-state index in [9.17, 15) is 9.59 Å². The zero-order valence-electron chi connectivity index (χ0n) is 18.7. The summed E-state index contributed by atoms with van der Waals surface area (Å²) in [5, 5.41) is 2.47. The van der Waals surface area contributed by atoms with Crippen molar-refractivity contribution in [2.45, 2.75) is 6.61 Å². The second-order valence-corrected chi connectivity index (χ2v) is 9.26. The van der Waals surface area contributed by atoms with Crippen molar-refractivity contribution in [3.05, 3.63) is 106 Å². The second-order valence-electron chi connectivity index (χ2n) is 7.83. The number of amides is 2. The molecule has 4 aromatic rings. The standard InChI is InChI=1S/C28H20ClNO4S/c1-33-25-15-18(16-26-27(31)30(28(32)35-26)22-12-10-21(29)11-13-22)9-14-24(25)34-17-20-7-4-6-19-5-2-3-8-23(19)20/h2-16H,17H2,1H3/b26-16+. The van der Waals surface area contributed by atoms with Gasteiger partial charge in [0.25, 0.3) is 11.1 Å². The Bertz CT molecular complexity index is 1460. The summed E-state index contributed by atoms with van der Waals surface area (Å²) in [6.07, 6.45) is 1.68. The molecule has 7 heteroatoms. The summed E-state index contributed by atoms with van der Waals surface area (Å²) >= 11 is 6.82. The first-order valence-electron chi connectivity index (χ1n) is 10.8. The van der Waals surface area contributed by atoms with Crippen LogP contribution in [0, 0.1) is 0 Å². The third kappa shape index (κ3) is 4.76. The highest BCUT2D eigenvalue weighted by molar-refractivity contribution is 8.19. The molecular formula is C28H20ClNO4S. The van der Waals surface area contributed by atoms with Crippen LogP contribution in [0.5, 0.6) is 11.5 Å². The van der Waals surface area contributed by atoms with E-state index in [1.54, 1.807) is 49.6 Å². The fraction of sp³-hybridized carbons (Fsp3) is 0.0714. The first-order valence-corrected chi connectivity index (χ1v) is 12.0. The molecule has 174 valence electrons. The molecule has 0 aliphatic carbocycles. The van der Waals surface area contributed by atoms with E-state index in [2.05, 4.69) is 18.2 Å². The number of fused-ring (bicyclic) bond motifs is 1. The van der Waals surface area contributed by atoms with Crippen LogP contribution in [0.25, 0.3) is 16.8 Å². The largest absolute Gasteiger partial charge is 0.493 e. The lowest BCUT2D eigenvalue weighted by Gasteiger charge is -2.13. The summed E-state index contributed by atoms with van der Waals surface area (Å²) in [5.41, 5.74) is 2.28. The van der Waals surface area contributed by atoms with Gasteiger partial charge in [-0.3, -0.25) is 9.59 Å². The van der Waals surface area contributed by atoms with Gasteiger partial charge in [0.2, 0.25) is 0 Å². The molecule has 1 heterocycles. The Hall–Kier alpha value is -3.74. The van der Waals surface area contributed by atoms with E-state index in [-0.39, 0.29) is 11.1 Å². The molecule has 0 N–H and O–H groups in total. The summed E-state index contributed by atoms with van der Waals surface area (Å²) in [7, 11) is 1.57. The number of imide groups is 1. The fourth-order valence-corrected chi connectivity index (χ4v) is 4.87. The highest BCUT2D eigenvalue weighted by Crippen LogP contribution is 2.37. The monoisotopic (exact) mass is 501 g/mol. The number of carbonyl (C=O) groups is 2. The summed E-state index contributed by atoms with van der Waals surface area (Å²) in [6, 6.07) is 26.3. The van der Waals surface area contributed by atoms with Gasteiger partial charge in [-0.1, -0.05) is 60.1 Å². The van der Waals surface area contributed by atoms with Crippen molar-refractivity contribution < 1.29 is 19.1 Å². The number of rotatable bonds is 6. The summed E-state index contributed by atoms with van der Waals surface area (Å²) < 4.78 is 11.6. The smallest absolute Gasteiger partial charge is 0.298 e. The average Bonchev–Trinajstić information content (AvgIpc) is 3.16. The number of halogens is 1. The lowest BCUT2D eigenvalue weighted by molar-refractivity contribution is -0.113. The van der Waals surface area contributed by atoms with Crippen molar-refractivity contribution in [3.63, 3.8) is 0 Å². The Morgan fingerprint density at radius 3 is 2.49 bits per heavy atom. The zero-order valence-corrected chi connectivity index (χ0v) is 20.3. The lowest BCUT2D eigenvalue weighted by atomic mass is 10.1. The molecule has 0 saturated carbocycles. The minimum absolute atomic E-state index is 0.330. The van der Waals surface area contributed by atoms with Gasteiger partial charge in [0.15, 0.2) is 11.5 Å². The van der Waals surface area contributed by atoms with Crippen molar-refractivity contribution >= 4 is 57.0 Å². The molecule has 0 spiro atoms. The average molecular weight is 502 g/mol. The van der Waals surface area contributed by atoms with Gasteiger partial charge < -0.3 is 9.47 Å². The molecule has 1 saturated heterocycles. The maximum absolute atomic E-state index is 12.9. The molecule has 0 bridgehead atoms. The summed E-state index contributed by atoms with van der Waals surface area (Å²) in [6.45, 7) is 0.386. The maximum Gasteiger partial charge on any atom is 0.298 e. The van der Waals surface area contributed by atoms with Crippen LogP contribution in [0.4, 0.5) is 10.5 Å². The fourth-order valence-electron chi connectivity index (χ4n) is 3.90. The molecule has 1 fully saturated rings. The number of hydrogen-bond acceptors (Lipinski definition) is 5.